The molecule has 0 bridgehead atoms. The molecule has 1 atom stereocenters. The number of nitro benzene ring substituents is 1. The molecule has 4 nitrogen and oxygen atoms in total. The number of nitrogens with zero attached hydrogens (tertiary/aromatic N) is 1. The van der Waals surface area contributed by atoms with E-state index < -0.39 is 0 Å². The van der Waals surface area contributed by atoms with Crippen molar-refractivity contribution >= 4 is 5.69 Å². The Bertz CT molecular complexity index is 653. The third kappa shape index (κ3) is 3.67. The lowest BCUT2D eigenvalue weighted by molar-refractivity contribution is -0.385. The summed E-state index contributed by atoms with van der Waals surface area (Å²) in [4.78, 5) is 10.6. The van der Waals surface area contributed by atoms with Gasteiger partial charge < -0.3 is 5.32 Å². The van der Waals surface area contributed by atoms with Crippen molar-refractivity contribution in [1.82, 2.24) is 5.32 Å². The van der Waals surface area contributed by atoms with Crippen molar-refractivity contribution in [3.8, 4) is 0 Å². The van der Waals surface area contributed by atoms with Crippen LogP contribution >= 0.6 is 0 Å². The second-order valence-electron chi connectivity index (χ2n) is 5.34. The largest absolute Gasteiger partial charge is 0.306 e. The summed E-state index contributed by atoms with van der Waals surface area (Å²) < 4.78 is 0. The van der Waals surface area contributed by atoms with Crippen LogP contribution in [0.5, 0.6) is 0 Å². The van der Waals surface area contributed by atoms with E-state index in [1.54, 1.807) is 19.1 Å². The zero-order chi connectivity index (χ0) is 15.4. The van der Waals surface area contributed by atoms with Crippen molar-refractivity contribution in [3.05, 3.63) is 74.8 Å². The Balaban J connectivity index is 2.08. The molecule has 0 spiro atoms. The molecule has 0 aliphatic heterocycles. The highest BCUT2D eigenvalue weighted by Gasteiger charge is 2.12. The fourth-order valence-electron chi connectivity index (χ4n) is 2.42. The summed E-state index contributed by atoms with van der Waals surface area (Å²) in [5, 5.41) is 14.4. The summed E-state index contributed by atoms with van der Waals surface area (Å²) in [6.45, 7) is 6.55. The van der Waals surface area contributed by atoms with Crippen molar-refractivity contribution in [2.45, 2.75) is 33.4 Å². The second-order valence-corrected chi connectivity index (χ2v) is 5.34. The lowest BCUT2D eigenvalue weighted by atomic mass is 10.0. The number of hydrogen-bond donors (Lipinski definition) is 1. The summed E-state index contributed by atoms with van der Waals surface area (Å²) >= 11 is 0. The number of nitro groups is 1. The molecule has 2 aromatic rings. The first-order valence-corrected chi connectivity index (χ1v) is 7.02. The SMILES string of the molecule is Cc1ccccc1C(C)NCc1ccc(C)c([N+](=O)[O-])c1. The molecule has 1 unspecified atom stereocenters. The predicted octanol–water partition coefficient (Wildman–Crippen LogP) is 4.06. The minimum atomic E-state index is -0.330. The van der Waals surface area contributed by atoms with Gasteiger partial charge in [0.25, 0.3) is 5.69 Å². The first-order valence-electron chi connectivity index (χ1n) is 7.02. The van der Waals surface area contributed by atoms with Crippen LogP contribution < -0.4 is 5.32 Å². The topological polar surface area (TPSA) is 55.2 Å². The fraction of sp³-hybridized carbons (Fsp3) is 0.294. The van der Waals surface area contributed by atoms with E-state index in [-0.39, 0.29) is 16.7 Å². The first kappa shape index (κ1) is 15.2. The van der Waals surface area contributed by atoms with Gasteiger partial charge in [0.15, 0.2) is 0 Å². The summed E-state index contributed by atoms with van der Waals surface area (Å²) in [6, 6.07) is 13.8. The van der Waals surface area contributed by atoms with Gasteiger partial charge in [-0.15, -0.1) is 0 Å². The van der Waals surface area contributed by atoms with Gasteiger partial charge in [-0.05, 0) is 37.5 Å². The molecule has 0 radical (unpaired) electrons. The molecule has 0 aliphatic carbocycles. The van der Waals surface area contributed by atoms with E-state index in [1.807, 2.05) is 18.2 Å². The zero-order valence-corrected chi connectivity index (χ0v) is 12.6. The minimum Gasteiger partial charge on any atom is -0.306 e. The third-order valence-electron chi connectivity index (χ3n) is 3.74. The molecule has 110 valence electrons. The van der Waals surface area contributed by atoms with Crippen LogP contribution in [-0.2, 0) is 6.54 Å². The third-order valence-corrected chi connectivity index (χ3v) is 3.74. The van der Waals surface area contributed by atoms with Crippen LogP contribution in [0.15, 0.2) is 42.5 Å². The van der Waals surface area contributed by atoms with Gasteiger partial charge in [0.2, 0.25) is 0 Å². The second kappa shape index (κ2) is 6.50. The Hall–Kier alpha value is -2.20. The maximum atomic E-state index is 11.0. The summed E-state index contributed by atoms with van der Waals surface area (Å²) in [5.74, 6) is 0. The molecule has 2 aromatic carbocycles. The molecule has 0 aliphatic rings. The van der Waals surface area contributed by atoms with Gasteiger partial charge in [-0.1, -0.05) is 36.4 Å². The Kier molecular flexibility index (Phi) is 4.70. The van der Waals surface area contributed by atoms with Gasteiger partial charge >= 0.3 is 0 Å². The highest BCUT2D eigenvalue weighted by Crippen LogP contribution is 2.21. The summed E-state index contributed by atoms with van der Waals surface area (Å²) in [6.07, 6.45) is 0. The quantitative estimate of drug-likeness (QED) is 0.665. The van der Waals surface area contributed by atoms with Crippen LogP contribution in [0.4, 0.5) is 5.69 Å². The molecular weight excluding hydrogens is 264 g/mol. The molecule has 21 heavy (non-hydrogen) atoms. The smallest absolute Gasteiger partial charge is 0.272 e. The fourth-order valence-corrected chi connectivity index (χ4v) is 2.42. The van der Waals surface area contributed by atoms with E-state index >= 15 is 0 Å². The van der Waals surface area contributed by atoms with Crippen LogP contribution in [-0.4, -0.2) is 4.92 Å². The van der Waals surface area contributed by atoms with Crippen LogP contribution in [0.25, 0.3) is 0 Å². The number of benzene rings is 2. The lowest BCUT2D eigenvalue weighted by Crippen LogP contribution is -2.19. The Labute approximate surface area is 125 Å². The lowest BCUT2D eigenvalue weighted by Gasteiger charge is -2.16. The Morgan fingerprint density at radius 3 is 2.52 bits per heavy atom. The van der Waals surface area contributed by atoms with Gasteiger partial charge in [0.1, 0.15) is 0 Å². The van der Waals surface area contributed by atoms with Crippen molar-refractivity contribution < 1.29 is 4.92 Å². The molecule has 4 heteroatoms. The Morgan fingerprint density at radius 1 is 1.14 bits per heavy atom. The van der Waals surface area contributed by atoms with Gasteiger partial charge in [0.05, 0.1) is 4.92 Å². The number of hydrogen-bond acceptors (Lipinski definition) is 3. The van der Waals surface area contributed by atoms with E-state index in [4.69, 9.17) is 0 Å². The van der Waals surface area contributed by atoms with E-state index in [0.717, 1.165) is 5.56 Å². The first-order chi connectivity index (χ1) is 9.99. The van der Waals surface area contributed by atoms with E-state index in [2.05, 4.69) is 31.3 Å². The molecular formula is C17H20N2O2. The maximum absolute atomic E-state index is 11.0. The highest BCUT2D eigenvalue weighted by molar-refractivity contribution is 5.42. The molecule has 0 fully saturated rings. The van der Waals surface area contributed by atoms with Crippen molar-refractivity contribution in [3.63, 3.8) is 0 Å². The standard InChI is InChI=1S/C17H20N2O2/c1-12-6-4-5-7-16(12)14(3)18-11-15-9-8-13(2)17(10-15)19(20)21/h4-10,14,18H,11H2,1-3H3. The average molecular weight is 284 g/mol. The molecule has 0 amide bonds. The average Bonchev–Trinajstić information content (AvgIpc) is 2.46. The molecule has 0 saturated heterocycles. The van der Waals surface area contributed by atoms with Crippen LogP contribution in [0.3, 0.4) is 0 Å². The molecule has 2 rings (SSSR count). The molecule has 0 saturated carbocycles. The molecule has 0 heterocycles. The zero-order valence-electron chi connectivity index (χ0n) is 12.6. The van der Waals surface area contributed by atoms with E-state index in [9.17, 15) is 10.1 Å². The van der Waals surface area contributed by atoms with E-state index in [1.165, 1.54) is 11.1 Å². The van der Waals surface area contributed by atoms with E-state index in [0.29, 0.717) is 12.1 Å². The normalized spacial score (nSPS) is 12.1. The number of rotatable bonds is 5. The van der Waals surface area contributed by atoms with Crippen molar-refractivity contribution in [2.75, 3.05) is 0 Å². The summed E-state index contributed by atoms with van der Waals surface area (Å²) in [5.41, 5.74) is 4.28. The van der Waals surface area contributed by atoms with Crippen molar-refractivity contribution in [2.24, 2.45) is 0 Å². The summed E-state index contributed by atoms with van der Waals surface area (Å²) in [7, 11) is 0. The van der Waals surface area contributed by atoms with Crippen LogP contribution in [0, 0.1) is 24.0 Å². The maximum Gasteiger partial charge on any atom is 0.272 e. The minimum absolute atomic E-state index is 0.179. The van der Waals surface area contributed by atoms with Crippen molar-refractivity contribution in [1.29, 1.82) is 0 Å². The van der Waals surface area contributed by atoms with Crippen LogP contribution in [0.1, 0.15) is 35.2 Å². The monoisotopic (exact) mass is 284 g/mol. The van der Waals surface area contributed by atoms with Gasteiger partial charge in [-0.2, -0.15) is 0 Å². The predicted molar refractivity (Wildman–Crippen MR) is 84.3 cm³/mol. The number of aryl methyl sites for hydroxylation is 2. The number of nitrogens with one attached hydrogen (secondary N) is 1. The van der Waals surface area contributed by atoms with Gasteiger partial charge in [-0.3, -0.25) is 10.1 Å². The molecule has 0 aromatic heterocycles. The highest BCUT2D eigenvalue weighted by atomic mass is 16.6. The molecule has 1 N–H and O–H groups in total. The van der Waals surface area contributed by atoms with Gasteiger partial charge in [0, 0.05) is 24.2 Å². The Morgan fingerprint density at radius 2 is 1.86 bits per heavy atom. The van der Waals surface area contributed by atoms with Gasteiger partial charge in [-0.25, -0.2) is 0 Å². The van der Waals surface area contributed by atoms with Crippen LogP contribution in [0.2, 0.25) is 0 Å².